The molecule has 5 heteroatoms. The Morgan fingerprint density at radius 1 is 1.06 bits per heavy atom. The van der Waals surface area contributed by atoms with E-state index in [2.05, 4.69) is 0 Å². The molecule has 2 aromatic heterocycles. The van der Waals surface area contributed by atoms with Gasteiger partial charge in [-0.25, -0.2) is 4.79 Å². The van der Waals surface area contributed by atoms with Crippen molar-refractivity contribution in [1.82, 2.24) is 0 Å². The predicted molar refractivity (Wildman–Crippen MR) is 51.7 cm³/mol. The molecule has 74 valence electrons. The molecule has 1 aromatic carbocycles. The summed E-state index contributed by atoms with van der Waals surface area (Å²) < 4.78 is 9.99. The third kappa shape index (κ3) is 1.55. The van der Waals surface area contributed by atoms with E-state index in [-0.39, 0.29) is 40.9 Å². The summed E-state index contributed by atoms with van der Waals surface area (Å²) in [5.74, 6) is -0.181. The van der Waals surface area contributed by atoms with Gasteiger partial charge in [0.1, 0.15) is 11.2 Å². The zero-order chi connectivity index (χ0) is 10.4. The van der Waals surface area contributed by atoms with E-state index in [9.17, 15) is 9.90 Å². The summed E-state index contributed by atoms with van der Waals surface area (Å²) in [7, 11) is 0. The van der Waals surface area contributed by atoms with Gasteiger partial charge in [0.15, 0.2) is 0 Å². The molecule has 0 aliphatic heterocycles. The zero-order valence-corrected chi connectivity index (χ0v) is 10.5. The fraction of sp³-hybridized carbons (Fsp3) is 0. The van der Waals surface area contributed by atoms with Crippen molar-refractivity contribution >= 4 is 21.9 Å². The average molecular weight is 224 g/mol. The Kier molecular flexibility index (Phi) is 2.80. The van der Waals surface area contributed by atoms with E-state index in [4.69, 9.17) is 8.83 Å². The molecule has 4 nitrogen and oxygen atoms in total. The van der Waals surface area contributed by atoms with Gasteiger partial charge in [0.2, 0.25) is 0 Å². The maximum atomic E-state index is 11.8. The largest absolute Gasteiger partial charge is 1.00 e. The second-order valence-electron chi connectivity index (χ2n) is 3.20. The molecule has 0 bridgehead atoms. The number of benzene rings is 1. The zero-order valence-electron chi connectivity index (χ0n) is 8.52. The maximum Gasteiger partial charge on any atom is 1.00 e. The molecule has 0 aliphatic carbocycles. The van der Waals surface area contributed by atoms with Gasteiger partial charge in [0.25, 0.3) is 0 Å². The van der Waals surface area contributed by atoms with Crippen LogP contribution in [0.15, 0.2) is 44.2 Å². The van der Waals surface area contributed by atoms with E-state index in [1.807, 2.05) is 0 Å². The van der Waals surface area contributed by atoms with Gasteiger partial charge in [0.05, 0.1) is 6.26 Å². The van der Waals surface area contributed by atoms with Crippen LogP contribution in [0.3, 0.4) is 0 Å². The maximum absolute atomic E-state index is 11.8. The SMILES string of the molecule is O=c1ccc2c([O-])c3ccoc3cc2o1.[Na+]. The quantitative estimate of drug-likeness (QED) is 0.348. The van der Waals surface area contributed by atoms with Crippen LogP contribution in [0.25, 0.3) is 21.9 Å². The van der Waals surface area contributed by atoms with Crippen molar-refractivity contribution in [2.24, 2.45) is 0 Å². The number of rotatable bonds is 0. The van der Waals surface area contributed by atoms with Crippen LogP contribution in [0.4, 0.5) is 0 Å². The number of fused-ring (bicyclic) bond motifs is 2. The first-order valence-electron chi connectivity index (χ1n) is 4.37. The van der Waals surface area contributed by atoms with E-state index in [1.54, 1.807) is 12.1 Å². The Labute approximate surface area is 112 Å². The summed E-state index contributed by atoms with van der Waals surface area (Å²) in [5, 5.41) is 12.7. The second kappa shape index (κ2) is 3.97. The Morgan fingerprint density at radius 3 is 2.62 bits per heavy atom. The van der Waals surface area contributed by atoms with Crippen molar-refractivity contribution in [2.45, 2.75) is 0 Å². The van der Waals surface area contributed by atoms with Crippen LogP contribution >= 0.6 is 0 Å². The molecule has 0 amide bonds. The van der Waals surface area contributed by atoms with Crippen molar-refractivity contribution in [2.75, 3.05) is 0 Å². The summed E-state index contributed by atoms with van der Waals surface area (Å²) in [5.41, 5.74) is 0.213. The molecule has 16 heavy (non-hydrogen) atoms. The molecule has 0 fully saturated rings. The molecule has 0 unspecified atom stereocenters. The minimum atomic E-state index is -0.479. The predicted octanol–water partition coefficient (Wildman–Crippen LogP) is -1.38. The fourth-order valence-corrected chi connectivity index (χ4v) is 1.61. The van der Waals surface area contributed by atoms with Gasteiger partial charge in [-0.2, -0.15) is 0 Å². The Balaban J connectivity index is 0.000000963. The van der Waals surface area contributed by atoms with E-state index in [0.29, 0.717) is 16.4 Å². The van der Waals surface area contributed by atoms with Crippen LogP contribution in [0.1, 0.15) is 0 Å². The molecule has 0 atom stereocenters. The van der Waals surface area contributed by atoms with Gasteiger partial charge in [-0.05, 0) is 12.1 Å². The van der Waals surface area contributed by atoms with E-state index >= 15 is 0 Å². The van der Waals surface area contributed by atoms with Gasteiger partial charge in [-0.1, -0.05) is 5.75 Å². The number of hydrogen-bond acceptors (Lipinski definition) is 4. The Bertz CT molecular complexity index is 711. The third-order valence-electron chi connectivity index (χ3n) is 2.31. The monoisotopic (exact) mass is 224 g/mol. The van der Waals surface area contributed by atoms with Crippen LogP contribution in [-0.2, 0) is 0 Å². The average Bonchev–Trinajstić information content (AvgIpc) is 2.65. The molecular formula is C11H5NaO4. The molecule has 0 aliphatic rings. The van der Waals surface area contributed by atoms with E-state index in [1.165, 1.54) is 18.4 Å². The van der Waals surface area contributed by atoms with E-state index < -0.39 is 5.63 Å². The van der Waals surface area contributed by atoms with Crippen LogP contribution in [0, 0.1) is 0 Å². The van der Waals surface area contributed by atoms with Crippen molar-refractivity contribution in [1.29, 1.82) is 0 Å². The first-order valence-corrected chi connectivity index (χ1v) is 4.37. The molecule has 0 radical (unpaired) electrons. The summed E-state index contributed by atoms with van der Waals surface area (Å²) in [6.45, 7) is 0. The van der Waals surface area contributed by atoms with E-state index in [0.717, 1.165) is 0 Å². The second-order valence-corrected chi connectivity index (χ2v) is 3.20. The minimum absolute atomic E-state index is 0. The summed E-state index contributed by atoms with van der Waals surface area (Å²) in [6, 6.07) is 5.85. The molecule has 0 spiro atoms. The molecule has 0 saturated heterocycles. The molecule has 3 rings (SSSR count). The Morgan fingerprint density at radius 2 is 1.81 bits per heavy atom. The fourth-order valence-electron chi connectivity index (χ4n) is 1.61. The standard InChI is InChI=1S/C11H6O4.Na/c12-10-2-1-6-9(15-10)5-8-7(11(6)13)3-4-14-8;/h1-5,13H;/q;+1/p-1. The Hall–Kier alpha value is -1.23. The van der Waals surface area contributed by atoms with Crippen LogP contribution in [0.2, 0.25) is 0 Å². The van der Waals surface area contributed by atoms with Gasteiger partial charge in [0, 0.05) is 22.9 Å². The topological polar surface area (TPSA) is 66.4 Å². The van der Waals surface area contributed by atoms with Crippen molar-refractivity contribution in [3.05, 3.63) is 40.9 Å². The van der Waals surface area contributed by atoms with Gasteiger partial charge in [-0.15, -0.1) is 0 Å². The number of hydrogen-bond donors (Lipinski definition) is 0. The molecule has 2 heterocycles. The van der Waals surface area contributed by atoms with Gasteiger partial charge < -0.3 is 13.9 Å². The summed E-state index contributed by atoms with van der Waals surface area (Å²) in [6.07, 6.45) is 1.43. The normalized spacial score (nSPS) is 10.5. The van der Waals surface area contributed by atoms with Crippen LogP contribution in [0.5, 0.6) is 5.75 Å². The third-order valence-corrected chi connectivity index (χ3v) is 2.31. The van der Waals surface area contributed by atoms with Gasteiger partial charge >= 0.3 is 35.2 Å². The van der Waals surface area contributed by atoms with Crippen LogP contribution in [-0.4, -0.2) is 0 Å². The van der Waals surface area contributed by atoms with Gasteiger partial charge in [-0.3, -0.25) is 0 Å². The molecule has 3 aromatic rings. The minimum Gasteiger partial charge on any atom is -0.871 e. The molecular weight excluding hydrogens is 219 g/mol. The van der Waals surface area contributed by atoms with Crippen molar-refractivity contribution < 1.29 is 43.5 Å². The summed E-state index contributed by atoms with van der Waals surface area (Å²) in [4.78, 5) is 11.0. The van der Waals surface area contributed by atoms with Crippen molar-refractivity contribution in [3.63, 3.8) is 0 Å². The molecule has 0 N–H and O–H groups in total. The molecule has 0 saturated carbocycles. The first kappa shape index (κ1) is 11.3. The summed E-state index contributed by atoms with van der Waals surface area (Å²) >= 11 is 0. The number of furan rings is 1. The van der Waals surface area contributed by atoms with Crippen molar-refractivity contribution in [3.8, 4) is 5.75 Å². The smallest absolute Gasteiger partial charge is 0.871 e. The first-order chi connectivity index (χ1) is 7.25. The van der Waals surface area contributed by atoms with Crippen LogP contribution < -0.4 is 40.3 Å².